The van der Waals surface area contributed by atoms with Crippen LogP contribution in [-0.4, -0.2) is 38.5 Å². The van der Waals surface area contributed by atoms with Crippen molar-refractivity contribution >= 4 is 17.5 Å². The van der Waals surface area contributed by atoms with Crippen LogP contribution in [0.3, 0.4) is 0 Å². The van der Waals surface area contributed by atoms with Crippen molar-refractivity contribution in [2.24, 2.45) is 0 Å². The highest BCUT2D eigenvalue weighted by molar-refractivity contribution is 5.95. The number of nitrogens with one attached hydrogen (secondary N) is 2. The molecule has 2 rings (SSSR count). The molecule has 5 heteroatoms. The average molecular weight is 261 g/mol. The maximum atomic E-state index is 12.0. The van der Waals surface area contributed by atoms with Gasteiger partial charge >= 0.3 is 0 Å². The Kier molecular flexibility index (Phi) is 4.04. The minimum atomic E-state index is -0.107. The molecular weight excluding hydrogens is 242 g/mol. The van der Waals surface area contributed by atoms with E-state index in [0.717, 1.165) is 12.1 Å². The summed E-state index contributed by atoms with van der Waals surface area (Å²) in [5.41, 5.74) is 1.62. The molecule has 1 aromatic rings. The predicted octanol–water partition coefficient (Wildman–Crippen LogP) is 0.761. The van der Waals surface area contributed by atoms with Gasteiger partial charge in [0.2, 0.25) is 5.91 Å². The SMILES string of the molecule is CN(C)c1cccc(C(=O)NCC2CCC(=O)N2)c1. The molecule has 19 heavy (non-hydrogen) atoms. The largest absolute Gasteiger partial charge is 0.378 e. The van der Waals surface area contributed by atoms with Crippen molar-refractivity contribution in [3.05, 3.63) is 29.8 Å². The number of anilines is 1. The third kappa shape index (κ3) is 3.47. The van der Waals surface area contributed by atoms with Gasteiger partial charge in [0.15, 0.2) is 0 Å². The maximum Gasteiger partial charge on any atom is 0.251 e. The molecule has 1 saturated heterocycles. The number of nitrogens with zero attached hydrogens (tertiary/aromatic N) is 1. The minimum Gasteiger partial charge on any atom is -0.378 e. The molecule has 2 amide bonds. The molecule has 2 N–H and O–H groups in total. The summed E-state index contributed by atoms with van der Waals surface area (Å²) in [6, 6.07) is 7.52. The first-order valence-corrected chi connectivity index (χ1v) is 6.41. The molecule has 1 aliphatic rings. The van der Waals surface area contributed by atoms with E-state index in [0.29, 0.717) is 18.5 Å². The van der Waals surface area contributed by atoms with Gasteiger partial charge in [0.25, 0.3) is 5.91 Å². The summed E-state index contributed by atoms with van der Waals surface area (Å²) in [5, 5.41) is 5.68. The highest BCUT2D eigenvalue weighted by Crippen LogP contribution is 2.13. The molecule has 0 aliphatic carbocycles. The van der Waals surface area contributed by atoms with Crippen LogP contribution in [0.5, 0.6) is 0 Å². The van der Waals surface area contributed by atoms with E-state index in [1.165, 1.54) is 0 Å². The Labute approximate surface area is 113 Å². The Balaban J connectivity index is 1.92. The number of benzene rings is 1. The third-order valence-corrected chi connectivity index (χ3v) is 3.22. The molecule has 5 nitrogen and oxygen atoms in total. The van der Waals surface area contributed by atoms with Gasteiger partial charge in [-0.15, -0.1) is 0 Å². The molecule has 1 aliphatic heterocycles. The van der Waals surface area contributed by atoms with Crippen molar-refractivity contribution in [1.29, 1.82) is 0 Å². The highest BCUT2D eigenvalue weighted by Gasteiger charge is 2.21. The van der Waals surface area contributed by atoms with E-state index in [-0.39, 0.29) is 17.9 Å². The summed E-state index contributed by atoms with van der Waals surface area (Å²) in [6.45, 7) is 0.483. The number of hydrogen-bond donors (Lipinski definition) is 2. The third-order valence-electron chi connectivity index (χ3n) is 3.22. The van der Waals surface area contributed by atoms with Crippen molar-refractivity contribution in [2.75, 3.05) is 25.5 Å². The minimum absolute atomic E-state index is 0.0634. The summed E-state index contributed by atoms with van der Waals surface area (Å²) in [6.07, 6.45) is 1.34. The summed E-state index contributed by atoms with van der Waals surface area (Å²) in [5.74, 6) is -0.0429. The fraction of sp³-hybridized carbons (Fsp3) is 0.429. The first kappa shape index (κ1) is 13.4. The Morgan fingerprint density at radius 2 is 2.26 bits per heavy atom. The van der Waals surface area contributed by atoms with E-state index in [4.69, 9.17) is 0 Å². The van der Waals surface area contributed by atoms with E-state index >= 15 is 0 Å². The quantitative estimate of drug-likeness (QED) is 0.841. The molecule has 1 fully saturated rings. The van der Waals surface area contributed by atoms with Gasteiger partial charge < -0.3 is 15.5 Å². The molecule has 0 saturated carbocycles. The fourth-order valence-electron chi connectivity index (χ4n) is 2.07. The maximum absolute atomic E-state index is 12.0. The number of hydrogen-bond acceptors (Lipinski definition) is 3. The predicted molar refractivity (Wildman–Crippen MR) is 74.3 cm³/mol. The van der Waals surface area contributed by atoms with Gasteiger partial charge in [0.05, 0.1) is 0 Å². The van der Waals surface area contributed by atoms with E-state index in [1.54, 1.807) is 6.07 Å². The van der Waals surface area contributed by atoms with Gasteiger partial charge in [-0.3, -0.25) is 9.59 Å². The van der Waals surface area contributed by atoms with Crippen molar-refractivity contribution in [3.63, 3.8) is 0 Å². The molecule has 102 valence electrons. The second-order valence-electron chi connectivity index (χ2n) is 4.96. The van der Waals surface area contributed by atoms with Gasteiger partial charge in [-0.2, -0.15) is 0 Å². The lowest BCUT2D eigenvalue weighted by Gasteiger charge is -2.14. The zero-order valence-corrected chi connectivity index (χ0v) is 11.3. The number of carbonyl (C=O) groups excluding carboxylic acids is 2. The lowest BCUT2D eigenvalue weighted by Crippen LogP contribution is -2.38. The first-order chi connectivity index (χ1) is 9.06. The molecule has 0 bridgehead atoms. The van der Waals surface area contributed by atoms with Crippen LogP contribution in [0.25, 0.3) is 0 Å². The zero-order chi connectivity index (χ0) is 13.8. The van der Waals surface area contributed by atoms with E-state index in [2.05, 4.69) is 10.6 Å². The number of rotatable bonds is 4. The standard InChI is InChI=1S/C14H19N3O2/c1-17(2)12-5-3-4-10(8-12)14(19)15-9-11-6-7-13(18)16-11/h3-5,8,11H,6-7,9H2,1-2H3,(H,15,19)(H,16,18). The Bertz CT molecular complexity index is 485. The van der Waals surface area contributed by atoms with Crippen molar-refractivity contribution in [2.45, 2.75) is 18.9 Å². The summed E-state index contributed by atoms with van der Waals surface area (Å²) in [7, 11) is 3.87. The van der Waals surface area contributed by atoms with Gasteiger partial charge in [-0.1, -0.05) is 6.07 Å². The van der Waals surface area contributed by atoms with Gasteiger partial charge in [-0.25, -0.2) is 0 Å². The highest BCUT2D eigenvalue weighted by atomic mass is 16.2. The van der Waals surface area contributed by atoms with Gasteiger partial charge in [0.1, 0.15) is 0 Å². The second-order valence-corrected chi connectivity index (χ2v) is 4.96. The van der Waals surface area contributed by atoms with E-state index in [1.807, 2.05) is 37.2 Å². The van der Waals surface area contributed by atoms with Crippen molar-refractivity contribution in [1.82, 2.24) is 10.6 Å². The Morgan fingerprint density at radius 3 is 2.89 bits per heavy atom. The number of carbonyl (C=O) groups is 2. The summed E-state index contributed by atoms with van der Waals surface area (Å²) >= 11 is 0. The van der Waals surface area contributed by atoms with Crippen LogP contribution in [0.2, 0.25) is 0 Å². The van der Waals surface area contributed by atoms with Gasteiger partial charge in [-0.05, 0) is 24.6 Å². The summed E-state index contributed by atoms with van der Waals surface area (Å²) in [4.78, 5) is 25.0. The molecule has 0 spiro atoms. The fourth-order valence-corrected chi connectivity index (χ4v) is 2.07. The van der Waals surface area contributed by atoms with Crippen LogP contribution >= 0.6 is 0 Å². The van der Waals surface area contributed by atoms with Crippen LogP contribution in [0, 0.1) is 0 Å². The Hall–Kier alpha value is -2.04. The molecular formula is C14H19N3O2. The zero-order valence-electron chi connectivity index (χ0n) is 11.3. The molecule has 1 atom stereocenters. The van der Waals surface area contributed by atoms with E-state index in [9.17, 15) is 9.59 Å². The van der Waals surface area contributed by atoms with Crippen LogP contribution < -0.4 is 15.5 Å². The molecule has 1 unspecified atom stereocenters. The van der Waals surface area contributed by atoms with E-state index < -0.39 is 0 Å². The van der Waals surface area contributed by atoms with Crippen molar-refractivity contribution in [3.8, 4) is 0 Å². The second kappa shape index (κ2) is 5.73. The first-order valence-electron chi connectivity index (χ1n) is 6.41. The van der Waals surface area contributed by atoms with Crippen LogP contribution in [0.15, 0.2) is 24.3 Å². The number of amides is 2. The van der Waals surface area contributed by atoms with Gasteiger partial charge in [0, 0.05) is 44.4 Å². The monoisotopic (exact) mass is 261 g/mol. The lowest BCUT2D eigenvalue weighted by atomic mass is 10.1. The summed E-state index contributed by atoms with van der Waals surface area (Å²) < 4.78 is 0. The smallest absolute Gasteiger partial charge is 0.251 e. The Morgan fingerprint density at radius 1 is 1.47 bits per heavy atom. The molecule has 1 heterocycles. The average Bonchev–Trinajstić information content (AvgIpc) is 2.82. The molecule has 1 aromatic carbocycles. The van der Waals surface area contributed by atoms with Crippen LogP contribution in [-0.2, 0) is 4.79 Å². The molecule has 0 aromatic heterocycles. The normalized spacial score (nSPS) is 18.0. The van der Waals surface area contributed by atoms with Crippen molar-refractivity contribution < 1.29 is 9.59 Å². The van der Waals surface area contributed by atoms with Crippen LogP contribution in [0.1, 0.15) is 23.2 Å². The lowest BCUT2D eigenvalue weighted by molar-refractivity contribution is -0.119. The molecule has 0 radical (unpaired) electrons. The topological polar surface area (TPSA) is 61.4 Å². The van der Waals surface area contributed by atoms with Crippen LogP contribution in [0.4, 0.5) is 5.69 Å².